The predicted molar refractivity (Wildman–Crippen MR) is 107 cm³/mol. The molecule has 2 fully saturated rings. The summed E-state index contributed by atoms with van der Waals surface area (Å²) >= 11 is 0. The Bertz CT molecular complexity index is 941. The van der Waals surface area contributed by atoms with Crippen LogP contribution in [0.4, 0.5) is 5.69 Å². The van der Waals surface area contributed by atoms with Crippen LogP contribution in [0.15, 0.2) is 53.4 Å². The molecule has 0 bridgehead atoms. The SMILES string of the molecule is O=S(=O)(c1ccccc1)N1CCc2cc(C3CC3NCC3CNC3)ccc21. The van der Waals surface area contributed by atoms with E-state index in [4.69, 9.17) is 0 Å². The van der Waals surface area contributed by atoms with Crippen molar-refractivity contribution in [1.29, 1.82) is 0 Å². The van der Waals surface area contributed by atoms with Crippen LogP contribution in [0, 0.1) is 5.92 Å². The van der Waals surface area contributed by atoms with Gasteiger partial charge in [-0.1, -0.05) is 30.3 Å². The van der Waals surface area contributed by atoms with E-state index in [0.717, 1.165) is 43.2 Å². The van der Waals surface area contributed by atoms with E-state index in [9.17, 15) is 8.42 Å². The van der Waals surface area contributed by atoms with Crippen molar-refractivity contribution in [1.82, 2.24) is 10.6 Å². The summed E-state index contributed by atoms with van der Waals surface area (Å²) in [6, 6.07) is 15.6. The second-order valence-electron chi connectivity index (χ2n) is 7.91. The quantitative estimate of drug-likeness (QED) is 0.802. The number of rotatable bonds is 6. The maximum Gasteiger partial charge on any atom is 0.264 e. The summed E-state index contributed by atoms with van der Waals surface area (Å²) < 4.78 is 27.5. The molecule has 0 aromatic heterocycles. The zero-order chi connectivity index (χ0) is 18.4. The lowest BCUT2D eigenvalue weighted by Crippen LogP contribution is -2.47. The van der Waals surface area contributed by atoms with Crippen molar-refractivity contribution in [3.63, 3.8) is 0 Å². The number of fused-ring (bicyclic) bond motifs is 1. The minimum Gasteiger partial charge on any atom is -0.316 e. The third kappa shape index (κ3) is 3.16. The molecule has 5 rings (SSSR count). The van der Waals surface area contributed by atoms with Crippen LogP contribution in [-0.2, 0) is 16.4 Å². The second-order valence-corrected chi connectivity index (χ2v) is 9.77. The van der Waals surface area contributed by atoms with Crippen LogP contribution in [0.25, 0.3) is 0 Å². The van der Waals surface area contributed by atoms with Gasteiger partial charge in [0, 0.05) is 38.1 Å². The molecule has 2 N–H and O–H groups in total. The third-order valence-electron chi connectivity index (χ3n) is 6.04. The number of hydrogen-bond acceptors (Lipinski definition) is 4. The molecule has 2 heterocycles. The topological polar surface area (TPSA) is 61.4 Å². The smallest absolute Gasteiger partial charge is 0.264 e. The summed E-state index contributed by atoms with van der Waals surface area (Å²) in [4.78, 5) is 0.360. The lowest BCUT2D eigenvalue weighted by atomic mass is 10.0. The van der Waals surface area contributed by atoms with Crippen LogP contribution in [0.5, 0.6) is 0 Å². The molecule has 1 saturated carbocycles. The van der Waals surface area contributed by atoms with Crippen molar-refractivity contribution in [2.24, 2.45) is 5.92 Å². The number of anilines is 1. The first kappa shape index (κ1) is 17.2. The monoisotopic (exact) mass is 383 g/mol. The van der Waals surface area contributed by atoms with Crippen molar-refractivity contribution < 1.29 is 8.42 Å². The molecule has 2 aromatic rings. The van der Waals surface area contributed by atoms with Gasteiger partial charge < -0.3 is 10.6 Å². The van der Waals surface area contributed by atoms with Crippen molar-refractivity contribution in [2.75, 3.05) is 30.5 Å². The molecule has 2 atom stereocenters. The van der Waals surface area contributed by atoms with E-state index in [0.29, 0.717) is 23.4 Å². The zero-order valence-electron chi connectivity index (χ0n) is 15.3. The first-order valence-corrected chi connectivity index (χ1v) is 11.2. The van der Waals surface area contributed by atoms with Gasteiger partial charge in [-0.25, -0.2) is 8.42 Å². The molecular formula is C21H25N3O2S. The molecule has 3 aliphatic rings. The van der Waals surface area contributed by atoms with Crippen molar-refractivity contribution in [2.45, 2.75) is 29.7 Å². The molecule has 5 nitrogen and oxygen atoms in total. The number of sulfonamides is 1. The summed E-state index contributed by atoms with van der Waals surface area (Å²) in [6.07, 6.45) is 1.97. The van der Waals surface area contributed by atoms with Crippen LogP contribution in [0.2, 0.25) is 0 Å². The lowest BCUT2D eigenvalue weighted by molar-refractivity contribution is 0.330. The van der Waals surface area contributed by atoms with Crippen LogP contribution in [0.3, 0.4) is 0 Å². The molecule has 2 aromatic carbocycles. The summed E-state index contributed by atoms with van der Waals surface area (Å²) in [5.41, 5.74) is 3.34. The summed E-state index contributed by atoms with van der Waals surface area (Å²) in [7, 11) is -3.48. The highest BCUT2D eigenvalue weighted by Crippen LogP contribution is 2.43. The average Bonchev–Trinajstić information content (AvgIpc) is 3.29. The number of nitrogens with zero attached hydrogens (tertiary/aromatic N) is 1. The van der Waals surface area contributed by atoms with Gasteiger partial charge in [0.2, 0.25) is 0 Å². The fraction of sp³-hybridized carbons (Fsp3) is 0.429. The maximum absolute atomic E-state index is 13.0. The number of nitrogens with one attached hydrogen (secondary N) is 2. The molecule has 0 radical (unpaired) electrons. The van der Waals surface area contributed by atoms with Crippen LogP contribution in [0.1, 0.15) is 23.5 Å². The van der Waals surface area contributed by atoms with E-state index in [2.05, 4.69) is 22.8 Å². The van der Waals surface area contributed by atoms with Crippen LogP contribution >= 0.6 is 0 Å². The Labute approximate surface area is 160 Å². The Hall–Kier alpha value is -1.89. The summed E-state index contributed by atoms with van der Waals surface area (Å²) in [6.45, 7) is 3.89. The Kier molecular flexibility index (Phi) is 4.22. The van der Waals surface area contributed by atoms with Gasteiger partial charge in [-0.15, -0.1) is 0 Å². The normalized spacial score (nSPS) is 24.5. The molecular weight excluding hydrogens is 358 g/mol. The molecule has 1 aliphatic carbocycles. The van der Waals surface area contributed by atoms with Gasteiger partial charge in [0.15, 0.2) is 0 Å². The van der Waals surface area contributed by atoms with E-state index < -0.39 is 10.0 Å². The molecule has 1 saturated heterocycles. The third-order valence-corrected chi connectivity index (χ3v) is 7.87. The molecule has 2 aliphatic heterocycles. The van der Waals surface area contributed by atoms with Gasteiger partial charge in [-0.3, -0.25) is 4.31 Å². The average molecular weight is 384 g/mol. The van der Waals surface area contributed by atoms with E-state index >= 15 is 0 Å². The molecule has 6 heteroatoms. The van der Waals surface area contributed by atoms with E-state index in [1.807, 2.05) is 12.1 Å². The predicted octanol–water partition coefficient (Wildman–Crippen LogP) is 2.10. The second kappa shape index (κ2) is 6.62. The Morgan fingerprint density at radius 1 is 1.11 bits per heavy atom. The van der Waals surface area contributed by atoms with Crippen molar-refractivity contribution in [3.05, 3.63) is 59.7 Å². The minimum absolute atomic E-state index is 0.360. The standard InChI is InChI=1S/C21H25N3O2S/c25-27(26,18-4-2-1-3-5-18)24-9-8-17-10-16(6-7-21(17)24)19-11-20(19)23-14-15-12-22-13-15/h1-7,10,15,19-20,22-23H,8-9,11-14H2. The van der Waals surface area contributed by atoms with Gasteiger partial charge in [-0.05, 0) is 48.1 Å². The highest BCUT2D eigenvalue weighted by atomic mass is 32.2. The minimum atomic E-state index is -3.48. The first-order valence-electron chi connectivity index (χ1n) is 9.77. The van der Waals surface area contributed by atoms with Gasteiger partial charge in [-0.2, -0.15) is 0 Å². The molecule has 27 heavy (non-hydrogen) atoms. The van der Waals surface area contributed by atoms with E-state index in [1.54, 1.807) is 28.6 Å². The van der Waals surface area contributed by atoms with Crippen molar-refractivity contribution in [3.8, 4) is 0 Å². The Balaban J connectivity index is 1.31. The van der Waals surface area contributed by atoms with Gasteiger partial charge in [0.1, 0.15) is 0 Å². The number of benzene rings is 2. The van der Waals surface area contributed by atoms with Gasteiger partial charge in [0.05, 0.1) is 10.6 Å². The fourth-order valence-corrected chi connectivity index (χ4v) is 5.72. The largest absolute Gasteiger partial charge is 0.316 e. The zero-order valence-corrected chi connectivity index (χ0v) is 16.1. The van der Waals surface area contributed by atoms with Crippen molar-refractivity contribution >= 4 is 15.7 Å². The Morgan fingerprint density at radius 3 is 2.67 bits per heavy atom. The molecule has 0 spiro atoms. The molecule has 0 amide bonds. The van der Waals surface area contributed by atoms with E-state index in [1.165, 1.54) is 12.0 Å². The fourth-order valence-electron chi connectivity index (χ4n) is 4.19. The van der Waals surface area contributed by atoms with Crippen LogP contribution < -0.4 is 14.9 Å². The lowest BCUT2D eigenvalue weighted by Gasteiger charge is -2.27. The number of hydrogen-bond donors (Lipinski definition) is 2. The Morgan fingerprint density at radius 2 is 1.93 bits per heavy atom. The highest BCUT2D eigenvalue weighted by molar-refractivity contribution is 7.92. The summed E-state index contributed by atoms with van der Waals surface area (Å²) in [5.74, 6) is 1.35. The van der Waals surface area contributed by atoms with Gasteiger partial charge in [0.25, 0.3) is 10.0 Å². The van der Waals surface area contributed by atoms with E-state index in [-0.39, 0.29) is 0 Å². The summed E-state index contributed by atoms with van der Waals surface area (Å²) in [5, 5.41) is 6.99. The van der Waals surface area contributed by atoms with Crippen LogP contribution in [-0.4, -0.2) is 40.6 Å². The van der Waals surface area contributed by atoms with Gasteiger partial charge >= 0.3 is 0 Å². The maximum atomic E-state index is 13.0. The highest BCUT2D eigenvalue weighted by Gasteiger charge is 2.39. The molecule has 142 valence electrons. The molecule has 2 unspecified atom stereocenters. The first-order chi connectivity index (χ1) is 13.1.